The number of ether oxygens (including phenoxy) is 1. The molecule has 0 atom stereocenters. The van der Waals surface area contributed by atoms with E-state index in [4.69, 9.17) is 4.74 Å². The van der Waals surface area contributed by atoms with Gasteiger partial charge in [-0.2, -0.15) is 5.10 Å². The molecule has 1 saturated heterocycles. The zero-order valence-corrected chi connectivity index (χ0v) is 13.0. The standard InChI is InChI=1S/C17H21N3O2/c1-13-4-3-5-15(12-13)22-14-6-10-20(11-7-14)17(21)16-8-9-19(2)18-16/h3-5,8-9,12,14H,6-7,10-11H2,1-2H3. The van der Waals surface area contributed by atoms with Crippen LogP contribution in [0.5, 0.6) is 5.75 Å². The van der Waals surface area contributed by atoms with Crippen molar-refractivity contribution in [2.45, 2.75) is 25.9 Å². The van der Waals surface area contributed by atoms with Crippen molar-refractivity contribution in [1.29, 1.82) is 0 Å². The third-order valence-corrected chi connectivity index (χ3v) is 3.95. The van der Waals surface area contributed by atoms with Gasteiger partial charge in [-0.1, -0.05) is 12.1 Å². The summed E-state index contributed by atoms with van der Waals surface area (Å²) in [5.41, 5.74) is 1.71. The molecule has 22 heavy (non-hydrogen) atoms. The highest BCUT2D eigenvalue weighted by Crippen LogP contribution is 2.20. The highest BCUT2D eigenvalue weighted by atomic mass is 16.5. The summed E-state index contributed by atoms with van der Waals surface area (Å²) < 4.78 is 7.67. The molecule has 116 valence electrons. The number of rotatable bonds is 3. The van der Waals surface area contributed by atoms with E-state index in [-0.39, 0.29) is 12.0 Å². The molecule has 1 aliphatic heterocycles. The van der Waals surface area contributed by atoms with Gasteiger partial charge in [0.05, 0.1) is 0 Å². The lowest BCUT2D eigenvalue weighted by atomic mass is 10.1. The van der Waals surface area contributed by atoms with Crippen molar-refractivity contribution in [3.63, 3.8) is 0 Å². The lowest BCUT2D eigenvalue weighted by Gasteiger charge is -2.31. The van der Waals surface area contributed by atoms with Crippen LogP contribution in [-0.4, -0.2) is 39.8 Å². The SMILES string of the molecule is Cc1cccc(OC2CCN(C(=O)c3ccn(C)n3)CC2)c1. The number of hydrogen-bond acceptors (Lipinski definition) is 3. The lowest BCUT2D eigenvalue weighted by Crippen LogP contribution is -2.42. The molecule has 3 rings (SSSR count). The Morgan fingerprint density at radius 2 is 2.05 bits per heavy atom. The molecule has 1 amide bonds. The number of benzene rings is 1. The Hall–Kier alpha value is -2.30. The van der Waals surface area contributed by atoms with Crippen molar-refractivity contribution < 1.29 is 9.53 Å². The van der Waals surface area contributed by atoms with Gasteiger partial charge in [0.25, 0.3) is 5.91 Å². The molecular formula is C17H21N3O2. The number of carbonyl (C=O) groups excluding carboxylic acids is 1. The van der Waals surface area contributed by atoms with Crippen molar-refractivity contribution in [2.24, 2.45) is 7.05 Å². The number of carbonyl (C=O) groups is 1. The smallest absolute Gasteiger partial charge is 0.274 e. The minimum absolute atomic E-state index is 0.00889. The number of nitrogens with zero attached hydrogens (tertiary/aromatic N) is 3. The normalized spacial score (nSPS) is 15.8. The summed E-state index contributed by atoms with van der Waals surface area (Å²) in [7, 11) is 1.82. The third-order valence-electron chi connectivity index (χ3n) is 3.95. The van der Waals surface area contributed by atoms with E-state index < -0.39 is 0 Å². The van der Waals surface area contributed by atoms with Crippen LogP contribution in [0.15, 0.2) is 36.5 Å². The Balaban J connectivity index is 1.55. The van der Waals surface area contributed by atoms with E-state index in [1.165, 1.54) is 5.56 Å². The van der Waals surface area contributed by atoms with Gasteiger partial charge in [-0.25, -0.2) is 0 Å². The van der Waals surface area contributed by atoms with Gasteiger partial charge in [-0.15, -0.1) is 0 Å². The first kappa shape index (κ1) is 14.6. The van der Waals surface area contributed by atoms with Crippen molar-refractivity contribution in [1.82, 2.24) is 14.7 Å². The summed E-state index contributed by atoms with van der Waals surface area (Å²) in [5.74, 6) is 0.920. The fraction of sp³-hybridized carbons (Fsp3) is 0.412. The summed E-state index contributed by atoms with van der Waals surface area (Å²) in [5, 5.41) is 4.18. The predicted octanol–water partition coefficient (Wildman–Crippen LogP) is 2.41. The Labute approximate surface area is 130 Å². The molecule has 2 aromatic rings. The van der Waals surface area contributed by atoms with Crippen molar-refractivity contribution in [3.05, 3.63) is 47.8 Å². The molecule has 1 aliphatic rings. The number of aromatic nitrogens is 2. The molecule has 1 aromatic heterocycles. The van der Waals surface area contributed by atoms with Gasteiger partial charge in [-0.3, -0.25) is 9.48 Å². The largest absolute Gasteiger partial charge is 0.490 e. The van der Waals surface area contributed by atoms with Gasteiger partial charge in [0.1, 0.15) is 17.5 Å². The van der Waals surface area contributed by atoms with Crippen LogP contribution >= 0.6 is 0 Å². The minimum atomic E-state index is 0.00889. The van der Waals surface area contributed by atoms with E-state index >= 15 is 0 Å². The van der Waals surface area contributed by atoms with E-state index in [1.807, 2.05) is 30.1 Å². The number of amides is 1. The molecule has 0 aliphatic carbocycles. The van der Waals surface area contributed by atoms with E-state index in [0.29, 0.717) is 18.8 Å². The van der Waals surface area contributed by atoms with Crippen LogP contribution in [0.25, 0.3) is 0 Å². The van der Waals surface area contributed by atoms with Crippen LogP contribution in [0.4, 0.5) is 0 Å². The first-order chi connectivity index (χ1) is 10.6. The fourth-order valence-electron chi connectivity index (χ4n) is 2.75. The van der Waals surface area contributed by atoms with Crippen LogP contribution in [0.1, 0.15) is 28.9 Å². The second-order valence-corrected chi connectivity index (χ2v) is 5.80. The van der Waals surface area contributed by atoms with Crippen LogP contribution in [-0.2, 0) is 7.05 Å². The van der Waals surface area contributed by atoms with E-state index in [2.05, 4.69) is 18.1 Å². The maximum atomic E-state index is 12.3. The molecule has 2 heterocycles. The Kier molecular flexibility index (Phi) is 4.13. The molecule has 1 aromatic carbocycles. The molecule has 5 heteroatoms. The summed E-state index contributed by atoms with van der Waals surface area (Å²) in [6.45, 7) is 3.48. The van der Waals surface area contributed by atoms with Crippen molar-refractivity contribution >= 4 is 5.91 Å². The molecule has 1 fully saturated rings. The third kappa shape index (κ3) is 3.30. The van der Waals surface area contributed by atoms with Crippen molar-refractivity contribution in [2.75, 3.05) is 13.1 Å². The Bertz CT molecular complexity index is 657. The average Bonchev–Trinajstić information content (AvgIpc) is 2.94. The van der Waals surface area contributed by atoms with Crippen LogP contribution in [0.2, 0.25) is 0 Å². The molecular weight excluding hydrogens is 278 g/mol. The lowest BCUT2D eigenvalue weighted by molar-refractivity contribution is 0.0589. The quantitative estimate of drug-likeness (QED) is 0.874. The molecule has 0 radical (unpaired) electrons. The van der Waals surface area contributed by atoms with Gasteiger partial charge in [-0.05, 0) is 30.7 Å². The number of aryl methyl sites for hydroxylation is 2. The zero-order valence-electron chi connectivity index (χ0n) is 13.0. The maximum absolute atomic E-state index is 12.3. The van der Waals surface area contributed by atoms with Gasteiger partial charge in [0.15, 0.2) is 0 Å². The van der Waals surface area contributed by atoms with E-state index in [9.17, 15) is 4.79 Å². The van der Waals surface area contributed by atoms with Crippen LogP contribution < -0.4 is 4.74 Å². The fourth-order valence-corrected chi connectivity index (χ4v) is 2.75. The maximum Gasteiger partial charge on any atom is 0.274 e. The van der Waals surface area contributed by atoms with Gasteiger partial charge in [0.2, 0.25) is 0 Å². The Morgan fingerprint density at radius 1 is 1.27 bits per heavy atom. The monoisotopic (exact) mass is 299 g/mol. The summed E-state index contributed by atoms with van der Waals surface area (Å²) in [6, 6.07) is 9.85. The van der Waals surface area contributed by atoms with Crippen molar-refractivity contribution in [3.8, 4) is 5.75 Å². The molecule has 0 N–H and O–H groups in total. The summed E-state index contributed by atoms with van der Waals surface area (Å²) in [4.78, 5) is 14.2. The molecule has 0 spiro atoms. The second kappa shape index (κ2) is 6.22. The molecule has 0 bridgehead atoms. The Morgan fingerprint density at radius 3 is 2.68 bits per heavy atom. The highest BCUT2D eigenvalue weighted by Gasteiger charge is 2.25. The molecule has 0 unspecified atom stereocenters. The average molecular weight is 299 g/mol. The van der Waals surface area contributed by atoms with E-state index in [1.54, 1.807) is 16.9 Å². The highest BCUT2D eigenvalue weighted by molar-refractivity contribution is 5.92. The molecule has 0 saturated carbocycles. The van der Waals surface area contributed by atoms with Gasteiger partial charge in [0, 0.05) is 39.2 Å². The van der Waals surface area contributed by atoms with E-state index in [0.717, 1.165) is 18.6 Å². The summed E-state index contributed by atoms with van der Waals surface area (Å²) >= 11 is 0. The van der Waals surface area contributed by atoms with Crippen LogP contribution in [0.3, 0.4) is 0 Å². The predicted molar refractivity (Wildman–Crippen MR) is 83.9 cm³/mol. The first-order valence-corrected chi connectivity index (χ1v) is 7.64. The zero-order chi connectivity index (χ0) is 15.5. The van der Waals surface area contributed by atoms with Crippen LogP contribution in [0, 0.1) is 6.92 Å². The van der Waals surface area contributed by atoms with Gasteiger partial charge >= 0.3 is 0 Å². The van der Waals surface area contributed by atoms with Gasteiger partial charge < -0.3 is 9.64 Å². The topological polar surface area (TPSA) is 47.4 Å². The second-order valence-electron chi connectivity index (χ2n) is 5.80. The number of piperidine rings is 1. The number of likely N-dealkylation sites (tertiary alicyclic amines) is 1. The molecule has 5 nitrogen and oxygen atoms in total. The first-order valence-electron chi connectivity index (χ1n) is 7.64. The summed E-state index contributed by atoms with van der Waals surface area (Å²) in [6.07, 6.45) is 3.68. The minimum Gasteiger partial charge on any atom is -0.490 e. The number of hydrogen-bond donors (Lipinski definition) is 0.